The summed E-state index contributed by atoms with van der Waals surface area (Å²) < 4.78 is 44.4. The molecule has 47 heavy (non-hydrogen) atoms. The Balaban J connectivity index is 1.21. The van der Waals surface area contributed by atoms with Gasteiger partial charge >= 0.3 is 0 Å². The highest BCUT2D eigenvalue weighted by Gasteiger charge is 2.22. The van der Waals surface area contributed by atoms with Crippen LogP contribution in [0.15, 0.2) is 170 Å². The molecule has 1 aliphatic rings. The molecule has 1 heterocycles. The SMILES string of the molecule is [2H]c1c([2H])c(-c2c3ccccc3cc3c2ccc2ccccc23)c([2H])c([2H])c1-c1ccc2c3c(cccc13)-c1cc(-c3ccccc3)ccc1O2. The summed E-state index contributed by atoms with van der Waals surface area (Å²) in [5.41, 5.74) is 6.10. The van der Waals surface area contributed by atoms with Crippen molar-refractivity contribution >= 4 is 43.1 Å². The molecule has 10 rings (SSSR count). The highest BCUT2D eigenvalue weighted by atomic mass is 16.5. The lowest BCUT2D eigenvalue weighted by atomic mass is 9.87. The molecule has 0 radical (unpaired) electrons. The molecule has 9 aromatic carbocycles. The van der Waals surface area contributed by atoms with Gasteiger partial charge in [-0.25, -0.2) is 0 Å². The molecule has 9 aromatic rings. The second-order valence-electron chi connectivity index (χ2n) is 12.1. The van der Waals surface area contributed by atoms with E-state index in [-0.39, 0.29) is 29.7 Å². The predicted molar refractivity (Wildman–Crippen MR) is 198 cm³/mol. The van der Waals surface area contributed by atoms with Gasteiger partial charge in [0, 0.05) is 10.9 Å². The lowest BCUT2D eigenvalue weighted by Gasteiger charge is -2.23. The molecule has 0 bridgehead atoms. The Morgan fingerprint density at radius 2 is 1.09 bits per heavy atom. The normalized spacial score (nSPS) is 13.2. The third-order valence-electron chi connectivity index (χ3n) is 9.51. The van der Waals surface area contributed by atoms with E-state index in [1.807, 2.05) is 91.0 Å². The van der Waals surface area contributed by atoms with Crippen LogP contribution in [0.1, 0.15) is 5.48 Å². The van der Waals surface area contributed by atoms with E-state index in [4.69, 9.17) is 4.74 Å². The summed E-state index contributed by atoms with van der Waals surface area (Å²) in [6.45, 7) is 0. The largest absolute Gasteiger partial charge is 0.456 e. The molecular formula is C46H28O. The molecule has 0 unspecified atom stereocenters. The molecule has 1 nitrogen and oxygen atoms in total. The minimum atomic E-state index is -0.0722. The van der Waals surface area contributed by atoms with E-state index in [0.29, 0.717) is 22.4 Å². The summed E-state index contributed by atoms with van der Waals surface area (Å²) in [6, 6.07) is 48.5. The van der Waals surface area contributed by atoms with Crippen molar-refractivity contribution in [1.82, 2.24) is 0 Å². The van der Waals surface area contributed by atoms with Crippen molar-refractivity contribution in [3.05, 3.63) is 170 Å². The van der Waals surface area contributed by atoms with Crippen LogP contribution in [0.2, 0.25) is 0 Å². The maximum absolute atomic E-state index is 9.50. The van der Waals surface area contributed by atoms with Crippen LogP contribution in [0, 0.1) is 0 Å². The van der Waals surface area contributed by atoms with Gasteiger partial charge in [0.05, 0.1) is 5.48 Å². The summed E-state index contributed by atoms with van der Waals surface area (Å²) >= 11 is 0. The first-order valence-corrected chi connectivity index (χ1v) is 15.9. The Morgan fingerprint density at radius 1 is 0.362 bits per heavy atom. The highest BCUT2D eigenvalue weighted by Crippen LogP contribution is 2.49. The first kappa shape index (κ1) is 22.3. The van der Waals surface area contributed by atoms with Gasteiger partial charge in [-0.15, -0.1) is 0 Å². The molecule has 0 amide bonds. The minimum Gasteiger partial charge on any atom is -0.456 e. The van der Waals surface area contributed by atoms with E-state index in [1.54, 1.807) is 0 Å². The van der Waals surface area contributed by atoms with E-state index in [1.165, 1.54) is 0 Å². The van der Waals surface area contributed by atoms with Crippen molar-refractivity contribution in [3.8, 4) is 56.0 Å². The summed E-state index contributed by atoms with van der Waals surface area (Å²) in [7, 11) is 0. The number of hydrogen-bond acceptors (Lipinski definition) is 1. The fourth-order valence-corrected chi connectivity index (χ4v) is 7.32. The third-order valence-corrected chi connectivity index (χ3v) is 9.51. The average Bonchev–Trinajstić information content (AvgIpc) is 3.18. The minimum absolute atomic E-state index is 0.0635. The van der Waals surface area contributed by atoms with Gasteiger partial charge < -0.3 is 4.74 Å². The molecule has 0 saturated heterocycles. The molecule has 0 spiro atoms. The van der Waals surface area contributed by atoms with E-state index >= 15 is 0 Å². The maximum Gasteiger partial charge on any atom is 0.135 e. The quantitative estimate of drug-likeness (QED) is 0.145. The number of fused-ring (bicyclic) bond motifs is 6. The van der Waals surface area contributed by atoms with E-state index < -0.39 is 0 Å². The number of hydrogen-bond donors (Lipinski definition) is 0. The van der Waals surface area contributed by atoms with Gasteiger partial charge in [-0.3, -0.25) is 0 Å². The molecular weight excluding hydrogens is 569 g/mol. The van der Waals surface area contributed by atoms with Gasteiger partial charge in [0.1, 0.15) is 11.5 Å². The van der Waals surface area contributed by atoms with E-state index in [9.17, 15) is 5.48 Å². The zero-order valence-corrected chi connectivity index (χ0v) is 25.3. The van der Waals surface area contributed by atoms with Crippen LogP contribution < -0.4 is 4.74 Å². The summed E-state index contributed by atoms with van der Waals surface area (Å²) in [6.07, 6.45) is 0. The summed E-state index contributed by atoms with van der Waals surface area (Å²) in [5.74, 6) is 1.47. The Kier molecular flexibility index (Phi) is 4.83. The van der Waals surface area contributed by atoms with Crippen LogP contribution in [0.3, 0.4) is 0 Å². The molecule has 0 saturated carbocycles. The van der Waals surface area contributed by atoms with E-state index in [2.05, 4.69) is 54.6 Å². The summed E-state index contributed by atoms with van der Waals surface area (Å²) in [5, 5.41) is 7.68. The molecule has 1 heteroatoms. The molecule has 0 fully saturated rings. The van der Waals surface area contributed by atoms with Gasteiger partial charge in [-0.2, -0.15) is 0 Å². The van der Waals surface area contributed by atoms with Gasteiger partial charge in [-0.1, -0.05) is 145 Å². The number of benzene rings is 9. The molecule has 0 N–H and O–H groups in total. The van der Waals surface area contributed by atoms with Crippen LogP contribution in [-0.2, 0) is 0 Å². The zero-order valence-electron chi connectivity index (χ0n) is 29.3. The molecule has 1 aliphatic heterocycles. The van der Waals surface area contributed by atoms with Crippen molar-refractivity contribution < 1.29 is 10.2 Å². The molecule has 0 aliphatic carbocycles. The second kappa shape index (κ2) is 10.2. The van der Waals surface area contributed by atoms with Crippen LogP contribution >= 0.6 is 0 Å². The molecule has 0 aromatic heterocycles. The summed E-state index contributed by atoms with van der Waals surface area (Å²) in [4.78, 5) is 0. The second-order valence-corrected chi connectivity index (χ2v) is 12.1. The topological polar surface area (TPSA) is 9.23 Å². The van der Waals surface area contributed by atoms with Crippen LogP contribution in [0.5, 0.6) is 11.5 Å². The predicted octanol–water partition coefficient (Wildman–Crippen LogP) is 13.1. The van der Waals surface area contributed by atoms with Crippen molar-refractivity contribution in [3.63, 3.8) is 0 Å². The van der Waals surface area contributed by atoms with Crippen molar-refractivity contribution in [2.24, 2.45) is 0 Å². The monoisotopic (exact) mass is 600 g/mol. The Labute approximate surface area is 278 Å². The Bertz CT molecular complexity index is 2900. The Morgan fingerprint density at radius 3 is 1.96 bits per heavy atom. The van der Waals surface area contributed by atoms with Crippen molar-refractivity contribution in [2.45, 2.75) is 0 Å². The fourth-order valence-electron chi connectivity index (χ4n) is 7.32. The lowest BCUT2D eigenvalue weighted by Crippen LogP contribution is -1.98. The molecule has 218 valence electrons. The van der Waals surface area contributed by atoms with Crippen LogP contribution in [0.4, 0.5) is 0 Å². The molecule has 0 atom stereocenters. The van der Waals surface area contributed by atoms with Gasteiger partial charge in [0.2, 0.25) is 0 Å². The number of rotatable bonds is 3. The maximum atomic E-state index is 9.50. The first-order valence-electron chi connectivity index (χ1n) is 17.9. The van der Waals surface area contributed by atoms with Gasteiger partial charge in [-0.05, 0) is 101 Å². The van der Waals surface area contributed by atoms with E-state index in [0.717, 1.165) is 71.1 Å². The highest BCUT2D eigenvalue weighted by molar-refractivity contribution is 6.20. The smallest absolute Gasteiger partial charge is 0.135 e. The van der Waals surface area contributed by atoms with Crippen LogP contribution in [-0.4, -0.2) is 0 Å². The van der Waals surface area contributed by atoms with Gasteiger partial charge in [0.15, 0.2) is 0 Å². The van der Waals surface area contributed by atoms with Crippen molar-refractivity contribution in [2.75, 3.05) is 0 Å². The average molecular weight is 601 g/mol. The van der Waals surface area contributed by atoms with Gasteiger partial charge in [0.25, 0.3) is 0 Å². The zero-order chi connectivity index (χ0) is 34.4. The lowest BCUT2D eigenvalue weighted by molar-refractivity contribution is 0.487. The Hall–Kier alpha value is -6.18. The first-order chi connectivity index (χ1) is 25.0. The van der Waals surface area contributed by atoms with Crippen LogP contribution in [0.25, 0.3) is 87.6 Å². The third kappa shape index (κ3) is 4.03. The fraction of sp³-hybridized carbons (Fsp3) is 0. The number of ether oxygens (including phenoxy) is 1. The van der Waals surface area contributed by atoms with Crippen molar-refractivity contribution in [1.29, 1.82) is 0 Å². The standard InChI is InChI=1S/C46H28O/c1-2-9-29(10-3-1)33-22-25-43-42(27-33)39-16-8-15-38-36(24-26-44(47-43)46(38)39)31-17-19-32(20-18-31)45-37-14-7-5-12-34(37)28-41-35-13-6-4-11-30(35)21-23-40(41)45/h1-28H/i17D,18D,19D,20D.